The molecule has 0 fully saturated rings. The van der Waals surface area contributed by atoms with E-state index in [4.69, 9.17) is 8.83 Å². The molecule has 1 atom stereocenters. The molecule has 6 nitrogen and oxygen atoms in total. The molecule has 0 saturated carbocycles. The molecule has 0 saturated heterocycles. The van der Waals surface area contributed by atoms with Gasteiger partial charge >= 0.3 is 0 Å². The summed E-state index contributed by atoms with van der Waals surface area (Å²) in [6.45, 7) is 1.84. The highest BCUT2D eigenvalue weighted by atomic mass is 32.2. The van der Waals surface area contributed by atoms with E-state index < -0.39 is 0 Å². The second-order valence-corrected chi connectivity index (χ2v) is 7.17. The number of furan rings is 2. The van der Waals surface area contributed by atoms with E-state index in [-0.39, 0.29) is 11.2 Å². The van der Waals surface area contributed by atoms with Gasteiger partial charge in [0.2, 0.25) is 5.91 Å². The van der Waals surface area contributed by atoms with Crippen LogP contribution in [0.4, 0.5) is 5.69 Å². The summed E-state index contributed by atoms with van der Waals surface area (Å²) < 4.78 is 11.0. The first-order chi connectivity index (χ1) is 13.2. The second kappa shape index (κ2) is 7.59. The Balaban J connectivity index is 1.55. The first-order valence-electron chi connectivity index (χ1n) is 8.41. The number of hydrogen-bond acceptors (Lipinski definition) is 5. The van der Waals surface area contributed by atoms with Gasteiger partial charge in [0.15, 0.2) is 16.7 Å². The summed E-state index contributed by atoms with van der Waals surface area (Å²) in [7, 11) is 0. The van der Waals surface area contributed by atoms with Crippen LogP contribution >= 0.6 is 11.8 Å². The fourth-order valence-electron chi connectivity index (χ4n) is 2.58. The molecular weight excluding hydrogens is 362 g/mol. The van der Waals surface area contributed by atoms with Crippen molar-refractivity contribution in [2.75, 3.05) is 5.32 Å². The minimum absolute atomic E-state index is 0.0957. The van der Waals surface area contributed by atoms with Crippen LogP contribution in [-0.4, -0.2) is 21.1 Å². The van der Waals surface area contributed by atoms with Gasteiger partial charge in [-0.1, -0.05) is 30.0 Å². The van der Waals surface area contributed by atoms with Crippen molar-refractivity contribution in [3.8, 4) is 22.9 Å². The highest BCUT2D eigenvalue weighted by Gasteiger charge is 2.22. The van der Waals surface area contributed by atoms with E-state index in [1.165, 1.54) is 11.8 Å². The number of H-pyrrole nitrogens is 1. The molecule has 3 heterocycles. The lowest BCUT2D eigenvalue weighted by atomic mass is 10.2. The Bertz CT molecular complexity index is 957. The molecular formula is C20H17N3O3S. The molecule has 0 aliphatic heterocycles. The minimum Gasteiger partial charge on any atom is -0.463 e. The monoisotopic (exact) mass is 379 g/mol. The number of imidazole rings is 1. The van der Waals surface area contributed by atoms with Crippen molar-refractivity contribution in [1.82, 2.24) is 9.97 Å². The number of anilines is 1. The van der Waals surface area contributed by atoms with E-state index >= 15 is 0 Å². The Hall–Kier alpha value is -3.19. The van der Waals surface area contributed by atoms with Gasteiger partial charge in [0.1, 0.15) is 11.4 Å². The zero-order valence-corrected chi connectivity index (χ0v) is 15.3. The van der Waals surface area contributed by atoms with Crippen LogP contribution < -0.4 is 5.32 Å². The van der Waals surface area contributed by atoms with Gasteiger partial charge < -0.3 is 19.1 Å². The van der Waals surface area contributed by atoms with E-state index in [1.54, 1.807) is 18.6 Å². The van der Waals surface area contributed by atoms with Gasteiger partial charge in [-0.15, -0.1) is 0 Å². The summed E-state index contributed by atoms with van der Waals surface area (Å²) in [5, 5.41) is 3.17. The molecule has 0 spiro atoms. The maximum absolute atomic E-state index is 12.5. The van der Waals surface area contributed by atoms with E-state index in [2.05, 4.69) is 15.3 Å². The van der Waals surface area contributed by atoms with Crippen molar-refractivity contribution < 1.29 is 13.6 Å². The highest BCUT2D eigenvalue weighted by molar-refractivity contribution is 8.00. The first kappa shape index (κ1) is 17.2. The Morgan fingerprint density at radius 3 is 2.41 bits per heavy atom. The van der Waals surface area contributed by atoms with E-state index in [9.17, 15) is 4.79 Å². The molecule has 4 rings (SSSR count). The third-order valence-corrected chi connectivity index (χ3v) is 4.89. The van der Waals surface area contributed by atoms with Crippen molar-refractivity contribution in [3.63, 3.8) is 0 Å². The number of aromatic nitrogens is 2. The average Bonchev–Trinajstić information content (AvgIpc) is 3.43. The van der Waals surface area contributed by atoms with Gasteiger partial charge in [0, 0.05) is 5.69 Å². The van der Waals surface area contributed by atoms with Gasteiger partial charge in [-0.2, -0.15) is 0 Å². The average molecular weight is 379 g/mol. The van der Waals surface area contributed by atoms with Gasteiger partial charge in [-0.25, -0.2) is 4.98 Å². The number of amides is 1. The number of nitrogens with one attached hydrogen (secondary N) is 2. The SMILES string of the molecule is CC(Sc1nc(-c2ccco2)c(-c2ccco2)[nH]1)C(=O)Nc1ccccc1. The lowest BCUT2D eigenvalue weighted by molar-refractivity contribution is -0.115. The summed E-state index contributed by atoms with van der Waals surface area (Å²) in [6.07, 6.45) is 3.20. The van der Waals surface area contributed by atoms with Crippen LogP contribution in [0.2, 0.25) is 0 Å². The predicted octanol–water partition coefficient (Wildman–Crippen LogP) is 5.05. The summed E-state index contributed by atoms with van der Waals surface area (Å²) in [5.74, 6) is 1.19. The second-order valence-electron chi connectivity index (χ2n) is 5.84. The Morgan fingerprint density at radius 1 is 1.04 bits per heavy atom. The first-order valence-corrected chi connectivity index (χ1v) is 9.29. The van der Waals surface area contributed by atoms with Crippen LogP contribution in [0.25, 0.3) is 22.9 Å². The Morgan fingerprint density at radius 2 is 1.74 bits per heavy atom. The van der Waals surface area contributed by atoms with Crippen LogP contribution in [-0.2, 0) is 4.79 Å². The van der Waals surface area contributed by atoms with E-state index in [0.717, 1.165) is 5.69 Å². The van der Waals surface area contributed by atoms with E-state index in [1.807, 2.05) is 55.5 Å². The summed E-state index contributed by atoms with van der Waals surface area (Å²) >= 11 is 1.34. The number of thioether (sulfide) groups is 1. The van der Waals surface area contributed by atoms with Gasteiger partial charge in [0.05, 0.1) is 17.8 Å². The Labute approximate surface area is 160 Å². The number of aromatic amines is 1. The highest BCUT2D eigenvalue weighted by Crippen LogP contribution is 2.34. The molecule has 0 aliphatic carbocycles. The molecule has 3 aromatic heterocycles. The van der Waals surface area contributed by atoms with Crippen LogP contribution in [0.1, 0.15) is 6.92 Å². The molecule has 7 heteroatoms. The molecule has 136 valence electrons. The minimum atomic E-state index is -0.342. The molecule has 1 amide bonds. The zero-order chi connectivity index (χ0) is 18.6. The fourth-order valence-corrected chi connectivity index (χ4v) is 3.39. The maximum atomic E-state index is 12.5. The molecule has 27 heavy (non-hydrogen) atoms. The number of rotatable bonds is 6. The van der Waals surface area contributed by atoms with E-state index in [0.29, 0.717) is 28.1 Å². The van der Waals surface area contributed by atoms with Crippen LogP contribution in [0.15, 0.2) is 81.1 Å². The van der Waals surface area contributed by atoms with Crippen molar-refractivity contribution in [1.29, 1.82) is 0 Å². The van der Waals surface area contributed by atoms with Crippen molar-refractivity contribution in [2.24, 2.45) is 0 Å². The lowest BCUT2D eigenvalue weighted by Crippen LogP contribution is -2.22. The largest absolute Gasteiger partial charge is 0.463 e. The number of para-hydroxylation sites is 1. The van der Waals surface area contributed by atoms with Gasteiger partial charge in [0.25, 0.3) is 0 Å². The number of hydrogen-bond donors (Lipinski definition) is 2. The molecule has 2 N–H and O–H groups in total. The van der Waals surface area contributed by atoms with Crippen LogP contribution in [0.5, 0.6) is 0 Å². The third kappa shape index (κ3) is 3.83. The molecule has 1 aromatic carbocycles. The fraction of sp³-hybridized carbons (Fsp3) is 0.100. The van der Waals surface area contributed by atoms with Gasteiger partial charge in [-0.3, -0.25) is 4.79 Å². The zero-order valence-electron chi connectivity index (χ0n) is 14.5. The van der Waals surface area contributed by atoms with Crippen molar-refractivity contribution >= 4 is 23.4 Å². The van der Waals surface area contributed by atoms with Crippen LogP contribution in [0.3, 0.4) is 0 Å². The normalized spacial score (nSPS) is 12.0. The van der Waals surface area contributed by atoms with Gasteiger partial charge in [-0.05, 0) is 43.3 Å². The van der Waals surface area contributed by atoms with Crippen LogP contribution in [0, 0.1) is 0 Å². The molecule has 0 aliphatic rings. The summed E-state index contributed by atoms with van der Waals surface area (Å²) in [6, 6.07) is 16.7. The lowest BCUT2D eigenvalue weighted by Gasteiger charge is -2.10. The number of nitrogens with zero attached hydrogens (tertiary/aromatic N) is 1. The molecule has 0 bridgehead atoms. The summed E-state index contributed by atoms with van der Waals surface area (Å²) in [5.41, 5.74) is 2.13. The van der Waals surface area contributed by atoms with Crippen molar-refractivity contribution in [3.05, 3.63) is 67.1 Å². The number of benzene rings is 1. The molecule has 1 unspecified atom stereocenters. The number of carbonyl (C=O) groups is 1. The van der Waals surface area contributed by atoms with Crippen molar-refractivity contribution in [2.45, 2.75) is 17.3 Å². The topological polar surface area (TPSA) is 84.1 Å². The quantitative estimate of drug-likeness (QED) is 0.458. The maximum Gasteiger partial charge on any atom is 0.237 e. The third-order valence-electron chi connectivity index (χ3n) is 3.90. The Kier molecular flexibility index (Phi) is 4.84. The smallest absolute Gasteiger partial charge is 0.237 e. The standard InChI is InChI=1S/C20H17N3O3S/c1-13(19(24)21-14-7-3-2-4-8-14)27-20-22-17(15-9-5-11-25-15)18(23-20)16-10-6-12-26-16/h2-13H,1H3,(H,21,24)(H,22,23). The molecule has 0 radical (unpaired) electrons. The molecule has 4 aromatic rings. The summed E-state index contributed by atoms with van der Waals surface area (Å²) in [4.78, 5) is 20.3. The predicted molar refractivity (Wildman–Crippen MR) is 104 cm³/mol. The number of carbonyl (C=O) groups excluding carboxylic acids is 1.